The summed E-state index contributed by atoms with van der Waals surface area (Å²) in [6.45, 7) is 3.83. The number of carbonyl (C=O) groups excluding carboxylic acids is 1. The van der Waals surface area contributed by atoms with Crippen molar-refractivity contribution >= 4 is 5.97 Å². The third kappa shape index (κ3) is 1.24. The van der Waals surface area contributed by atoms with Crippen LogP contribution in [0.15, 0.2) is 36.1 Å². The highest BCUT2D eigenvalue weighted by molar-refractivity contribution is 5.94. The van der Waals surface area contributed by atoms with E-state index in [0.29, 0.717) is 5.57 Å². The molecule has 0 spiro atoms. The van der Waals surface area contributed by atoms with Gasteiger partial charge in [0.2, 0.25) is 6.29 Å². The van der Waals surface area contributed by atoms with Crippen LogP contribution in [0.5, 0.6) is 0 Å². The Morgan fingerprint density at radius 2 is 2.43 bits per heavy atom. The molecule has 4 nitrogen and oxygen atoms in total. The van der Waals surface area contributed by atoms with Crippen molar-refractivity contribution in [1.82, 2.24) is 0 Å². The number of cyclic esters (lactones) is 1. The minimum Gasteiger partial charge on any atom is -0.471 e. The molecule has 2 atom stereocenters. The van der Waals surface area contributed by atoms with Crippen molar-refractivity contribution in [1.29, 1.82) is 0 Å². The van der Waals surface area contributed by atoms with E-state index in [1.807, 2.05) is 0 Å². The average molecular weight is 194 g/mol. The molecule has 0 saturated heterocycles. The molecule has 0 radical (unpaired) electrons. The molecule has 0 fully saturated rings. The summed E-state index contributed by atoms with van der Waals surface area (Å²) in [4.78, 5) is 11.3. The second-order valence-corrected chi connectivity index (χ2v) is 3.08. The Labute approximate surface area is 81.1 Å². The van der Waals surface area contributed by atoms with E-state index in [1.165, 1.54) is 6.26 Å². The van der Waals surface area contributed by atoms with Gasteiger partial charge in [-0.25, -0.2) is 4.79 Å². The Morgan fingerprint density at radius 1 is 1.64 bits per heavy atom. The van der Waals surface area contributed by atoms with Crippen LogP contribution in [0.2, 0.25) is 0 Å². The van der Waals surface area contributed by atoms with Crippen molar-refractivity contribution in [3.8, 4) is 0 Å². The first-order valence-electron chi connectivity index (χ1n) is 4.28. The van der Waals surface area contributed by atoms with E-state index in [9.17, 15) is 9.90 Å². The SMILES string of the molecule is C=CC1C2=CCOC(=O)C2=COC1O. The summed E-state index contributed by atoms with van der Waals surface area (Å²) >= 11 is 0. The zero-order valence-corrected chi connectivity index (χ0v) is 7.47. The highest BCUT2D eigenvalue weighted by Crippen LogP contribution is 2.32. The van der Waals surface area contributed by atoms with Gasteiger partial charge in [-0.1, -0.05) is 6.08 Å². The maximum Gasteiger partial charge on any atom is 0.341 e. The van der Waals surface area contributed by atoms with Gasteiger partial charge in [-0.05, 0) is 11.6 Å². The molecule has 2 aliphatic heterocycles. The van der Waals surface area contributed by atoms with Crippen molar-refractivity contribution in [2.75, 3.05) is 6.61 Å². The number of fused-ring (bicyclic) bond motifs is 1. The monoisotopic (exact) mass is 194 g/mol. The number of aliphatic hydroxyl groups excluding tert-OH is 1. The summed E-state index contributed by atoms with van der Waals surface area (Å²) in [6, 6.07) is 0. The molecule has 4 heteroatoms. The topological polar surface area (TPSA) is 55.8 Å². The number of aliphatic hydroxyl groups is 1. The van der Waals surface area contributed by atoms with Crippen LogP contribution in [0.25, 0.3) is 0 Å². The average Bonchev–Trinajstić information content (AvgIpc) is 2.18. The summed E-state index contributed by atoms with van der Waals surface area (Å²) < 4.78 is 9.70. The van der Waals surface area contributed by atoms with Crippen LogP contribution in [0, 0.1) is 5.92 Å². The van der Waals surface area contributed by atoms with E-state index < -0.39 is 12.3 Å². The summed E-state index contributed by atoms with van der Waals surface area (Å²) in [5, 5.41) is 9.46. The summed E-state index contributed by atoms with van der Waals surface area (Å²) in [5.74, 6) is -0.774. The zero-order chi connectivity index (χ0) is 10.1. The number of carbonyl (C=O) groups is 1. The lowest BCUT2D eigenvalue weighted by atomic mass is 9.89. The van der Waals surface area contributed by atoms with Crippen molar-refractivity contribution in [3.63, 3.8) is 0 Å². The van der Waals surface area contributed by atoms with E-state index in [0.717, 1.165) is 5.57 Å². The molecular formula is C10H10O4. The maximum atomic E-state index is 11.3. The molecule has 2 heterocycles. The van der Waals surface area contributed by atoms with Gasteiger partial charge < -0.3 is 14.6 Å². The van der Waals surface area contributed by atoms with Gasteiger partial charge in [-0.15, -0.1) is 6.58 Å². The first-order chi connectivity index (χ1) is 6.74. The van der Waals surface area contributed by atoms with Crippen LogP contribution in [0.4, 0.5) is 0 Å². The molecule has 74 valence electrons. The van der Waals surface area contributed by atoms with Crippen LogP contribution in [0.1, 0.15) is 0 Å². The van der Waals surface area contributed by atoms with E-state index in [4.69, 9.17) is 9.47 Å². The molecule has 0 aromatic rings. The van der Waals surface area contributed by atoms with E-state index >= 15 is 0 Å². The molecule has 14 heavy (non-hydrogen) atoms. The molecule has 2 aliphatic rings. The quantitative estimate of drug-likeness (QED) is 0.488. The lowest BCUT2D eigenvalue weighted by Gasteiger charge is -2.29. The van der Waals surface area contributed by atoms with Gasteiger partial charge in [-0.2, -0.15) is 0 Å². The highest BCUT2D eigenvalue weighted by Gasteiger charge is 2.33. The van der Waals surface area contributed by atoms with Gasteiger partial charge in [0.15, 0.2) is 0 Å². The van der Waals surface area contributed by atoms with Crippen molar-refractivity contribution < 1.29 is 19.4 Å². The largest absolute Gasteiger partial charge is 0.471 e. The lowest BCUT2D eigenvalue weighted by molar-refractivity contribution is -0.140. The zero-order valence-electron chi connectivity index (χ0n) is 7.47. The molecular weight excluding hydrogens is 184 g/mol. The Kier molecular flexibility index (Phi) is 2.13. The fourth-order valence-corrected chi connectivity index (χ4v) is 1.56. The Bertz CT molecular complexity index is 340. The molecule has 0 saturated carbocycles. The van der Waals surface area contributed by atoms with Crippen molar-refractivity contribution in [2.45, 2.75) is 6.29 Å². The molecule has 2 unspecified atom stereocenters. The third-order valence-electron chi connectivity index (χ3n) is 2.29. The Balaban J connectivity index is 2.41. The maximum absolute atomic E-state index is 11.3. The minimum atomic E-state index is -0.964. The first-order valence-corrected chi connectivity index (χ1v) is 4.28. The molecule has 0 aliphatic carbocycles. The molecule has 0 aromatic carbocycles. The number of esters is 1. The van der Waals surface area contributed by atoms with E-state index in [1.54, 1.807) is 12.2 Å². The summed E-state index contributed by atoms with van der Waals surface area (Å²) in [6.07, 6.45) is 3.58. The van der Waals surface area contributed by atoms with Crippen LogP contribution in [-0.4, -0.2) is 24.0 Å². The minimum absolute atomic E-state index is 0.239. The fourth-order valence-electron chi connectivity index (χ4n) is 1.56. The number of hydrogen-bond acceptors (Lipinski definition) is 4. The van der Waals surface area contributed by atoms with Gasteiger partial charge in [0.25, 0.3) is 0 Å². The fraction of sp³-hybridized carbons (Fsp3) is 0.300. The third-order valence-corrected chi connectivity index (χ3v) is 2.29. The predicted molar refractivity (Wildman–Crippen MR) is 47.9 cm³/mol. The normalized spacial score (nSPS) is 30.5. The molecule has 2 rings (SSSR count). The van der Waals surface area contributed by atoms with Gasteiger partial charge in [-0.3, -0.25) is 0 Å². The first kappa shape index (κ1) is 9.02. The number of hydrogen-bond donors (Lipinski definition) is 1. The second kappa shape index (κ2) is 3.31. The summed E-state index contributed by atoms with van der Waals surface area (Å²) in [7, 11) is 0. The van der Waals surface area contributed by atoms with Crippen LogP contribution in [-0.2, 0) is 14.3 Å². The number of rotatable bonds is 1. The highest BCUT2D eigenvalue weighted by atomic mass is 16.6. The second-order valence-electron chi connectivity index (χ2n) is 3.08. The standard InChI is InChI=1S/C10H10O4/c1-2-6-7-3-4-13-10(12)8(7)5-14-9(6)11/h2-3,5-6,9,11H,1,4H2. The number of ether oxygens (including phenoxy) is 2. The van der Waals surface area contributed by atoms with E-state index in [2.05, 4.69) is 6.58 Å². The van der Waals surface area contributed by atoms with Gasteiger partial charge in [0.05, 0.1) is 11.5 Å². The smallest absolute Gasteiger partial charge is 0.341 e. The molecule has 0 aromatic heterocycles. The van der Waals surface area contributed by atoms with Gasteiger partial charge in [0, 0.05) is 0 Å². The molecule has 0 bridgehead atoms. The van der Waals surface area contributed by atoms with Crippen molar-refractivity contribution in [2.24, 2.45) is 5.92 Å². The van der Waals surface area contributed by atoms with E-state index in [-0.39, 0.29) is 12.5 Å². The Hall–Kier alpha value is -1.55. The van der Waals surface area contributed by atoms with Gasteiger partial charge in [0.1, 0.15) is 12.9 Å². The van der Waals surface area contributed by atoms with Crippen LogP contribution < -0.4 is 0 Å². The molecule has 0 amide bonds. The predicted octanol–water partition coefficient (Wildman–Crippen LogP) is 0.504. The lowest BCUT2D eigenvalue weighted by Crippen LogP contribution is -2.31. The summed E-state index contributed by atoms with van der Waals surface area (Å²) in [5.41, 5.74) is 1.10. The van der Waals surface area contributed by atoms with Crippen LogP contribution in [0.3, 0.4) is 0 Å². The molecule has 1 N–H and O–H groups in total. The van der Waals surface area contributed by atoms with Gasteiger partial charge >= 0.3 is 5.97 Å². The van der Waals surface area contributed by atoms with Crippen LogP contribution >= 0.6 is 0 Å². The van der Waals surface area contributed by atoms with Crippen molar-refractivity contribution in [3.05, 3.63) is 36.1 Å². The Morgan fingerprint density at radius 3 is 3.14 bits per heavy atom.